The van der Waals surface area contributed by atoms with Gasteiger partial charge in [-0.15, -0.1) is 0 Å². The monoisotopic (exact) mass is 370 g/mol. The predicted octanol–water partition coefficient (Wildman–Crippen LogP) is 2.84. The van der Waals surface area contributed by atoms with Gasteiger partial charge in [-0.05, 0) is 49.2 Å². The largest absolute Gasteiger partial charge is 0.507 e. The molecule has 7 heteroatoms. The number of carbonyl (C=O) groups is 2. The molecule has 0 fully saturated rings. The highest BCUT2D eigenvalue weighted by Gasteiger charge is 2.19. The van der Waals surface area contributed by atoms with E-state index in [1.165, 1.54) is 30.1 Å². The van der Waals surface area contributed by atoms with Crippen LogP contribution in [-0.4, -0.2) is 35.5 Å². The number of hydrogen-bond acceptors (Lipinski definition) is 5. The van der Waals surface area contributed by atoms with Crippen molar-refractivity contribution in [3.63, 3.8) is 0 Å². The lowest BCUT2D eigenvalue weighted by Gasteiger charge is -2.18. The summed E-state index contributed by atoms with van der Waals surface area (Å²) in [5.74, 6) is -2.09. The average Bonchev–Trinajstić information content (AvgIpc) is 2.65. The van der Waals surface area contributed by atoms with Crippen molar-refractivity contribution in [1.29, 1.82) is 5.26 Å². The van der Waals surface area contributed by atoms with Gasteiger partial charge in [0.05, 0.1) is 11.6 Å². The molecule has 0 aliphatic rings. The Labute approximate surface area is 156 Å². The fourth-order valence-corrected chi connectivity index (χ4v) is 2.39. The molecule has 0 saturated carbocycles. The quantitative estimate of drug-likeness (QED) is 0.818. The van der Waals surface area contributed by atoms with Gasteiger partial charge in [0, 0.05) is 19.2 Å². The first-order valence-corrected chi connectivity index (χ1v) is 8.13. The third kappa shape index (κ3) is 4.61. The van der Waals surface area contributed by atoms with Gasteiger partial charge in [-0.3, -0.25) is 4.79 Å². The van der Waals surface area contributed by atoms with Gasteiger partial charge in [0.2, 0.25) is 0 Å². The van der Waals surface area contributed by atoms with Crippen LogP contribution < -0.4 is 0 Å². The van der Waals surface area contributed by atoms with Crippen LogP contribution in [0.2, 0.25) is 0 Å². The van der Waals surface area contributed by atoms with Gasteiger partial charge in [0.1, 0.15) is 17.1 Å². The first kappa shape index (κ1) is 19.9. The first-order chi connectivity index (χ1) is 12.7. The number of nitrogens with zero attached hydrogens (tertiary/aromatic N) is 2. The first-order valence-electron chi connectivity index (χ1n) is 8.13. The number of phenolic OH excluding ortho intramolecular Hbond substituents is 1. The van der Waals surface area contributed by atoms with Crippen molar-refractivity contribution in [3.8, 4) is 11.8 Å². The van der Waals surface area contributed by atoms with Crippen LogP contribution in [-0.2, 0) is 16.1 Å². The molecule has 0 aliphatic heterocycles. The van der Waals surface area contributed by atoms with E-state index in [0.717, 1.165) is 11.6 Å². The molecule has 140 valence electrons. The number of carbonyl (C=O) groups excluding carboxylic acids is 2. The van der Waals surface area contributed by atoms with E-state index in [1.807, 2.05) is 6.07 Å². The SMILES string of the molecule is Cc1ccc(C(=O)OCC(=O)N(C)Cc2cc(C#N)ccc2F)c(O)c1C. The molecule has 0 aromatic heterocycles. The number of halogens is 1. The Hall–Kier alpha value is -3.40. The Kier molecular flexibility index (Phi) is 6.14. The molecule has 2 rings (SSSR count). The van der Waals surface area contributed by atoms with Crippen molar-refractivity contribution < 1.29 is 23.8 Å². The minimum atomic E-state index is -0.824. The number of hydrogen-bond donors (Lipinski definition) is 1. The summed E-state index contributed by atoms with van der Waals surface area (Å²) in [6.45, 7) is 2.83. The Morgan fingerprint density at radius 1 is 1.26 bits per heavy atom. The van der Waals surface area contributed by atoms with Gasteiger partial charge < -0.3 is 14.7 Å². The number of benzene rings is 2. The molecule has 1 N–H and O–H groups in total. The fourth-order valence-electron chi connectivity index (χ4n) is 2.39. The number of esters is 1. The van der Waals surface area contributed by atoms with Gasteiger partial charge in [-0.1, -0.05) is 6.07 Å². The van der Waals surface area contributed by atoms with Crippen molar-refractivity contribution in [2.45, 2.75) is 20.4 Å². The number of nitriles is 1. The molecule has 0 spiro atoms. The molecule has 0 atom stereocenters. The Balaban J connectivity index is 2.00. The smallest absolute Gasteiger partial charge is 0.342 e. The topological polar surface area (TPSA) is 90.6 Å². The molecule has 0 aliphatic carbocycles. The summed E-state index contributed by atoms with van der Waals surface area (Å²) in [7, 11) is 1.43. The van der Waals surface area contributed by atoms with Crippen LogP contribution in [0.1, 0.15) is 32.6 Å². The van der Waals surface area contributed by atoms with Crippen molar-refractivity contribution in [2.24, 2.45) is 0 Å². The van der Waals surface area contributed by atoms with Crippen LogP contribution >= 0.6 is 0 Å². The lowest BCUT2D eigenvalue weighted by molar-refractivity contribution is -0.133. The zero-order valence-corrected chi connectivity index (χ0v) is 15.2. The van der Waals surface area contributed by atoms with Crippen LogP contribution in [0, 0.1) is 31.0 Å². The number of phenols is 1. The van der Waals surface area contributed by atoms with Crippen molar-refractivity contribution in [3.05, 3.63) is 64.0 Å². The normalized spacial score (nSPS) is 10.2. The van der Waals surface area contributed by atoms with Crippen LogP contribution in [0.5, 0.6) is 5.75 Å². The van der Waals surface area contributed by atoms with Crippen molar-refractivity contribution in [2.75, 3.05) is 13.7 Å². The van der Waals surface area contributed by atoms with Gasteiger partial charge in [0.25, 0.3) is 5.91 Å². The van der Waals surface area contributed by atoms with E-state index < -0.39 is 24.3 Å². The highest BCUT2D eigenvalue weighted by Crippen LogP contribution is 2.25. The fraction of sp³-hybridized carbons (Fsp3) is 0.250. The summed E-state index contributed by atoms with van der Waals surface area (Å²) in [5, 5.41) is 18.9. The van der Waals surface area contributed by atoms with Gasteiger partial charge in [-0.2, -0.15) is 5.26 Å². The van der Waals surface area contributed by atoms with Crippen LogP contribution in [0.3, 0.4) is 0 Å². The molecule has 0 unspecified atom stereocenters. The number of amides is 1. The van der Waals surface area contributed by atoms with E-state index in [1.54, 1.807) is 19.9 Å². The van der Waals surface area contributed by atoms with E-state index >= 15 is 0 Å². The molecular weight excluding hydrogens is 351 g/mol. The highest BCUT2D eigenvalue weighted by atomic mass is 19.1. The molecule has 1 amide bonds. The number of aromatic hydroxyl groups is 1. The molecule has 2 aromatic carbocycles. The summed E-state index contributed by atoms with van der Waals surface area (Å²) in [6, 6.07) is 8.87. The van der Waals surface area contributed by atoms with Gasteiger partial charge in [0.15, 0.2) is 6.61 Å². The second-order valence-corrected chi connectivity index (χ2v) is 6.15. The standard InChI is InChI=1S/C20H19FN2O4/c1-12-4-6-16(19(25)13(12)2)20(26)27-11-18(24)23(3)10-15-8-14(9-22)5-7-17(15)21/h4-8,25H,10-11H2,1-3H3. The summed E-state index contributed by atoms with van der Waals surface area (Å²) < 4.78 is 18.8. The molecule has 2 aromatic rings. The van der Waals surface area contributed by atoms with Crippen molar-refractivity contribution >= 4 is 11.9 Å². The Morgan fingerprint density at radius 2 is 1.96 bits per heavy atom. The molecule has 27 heavy (non-hydrogen) atoms. The minimum Gasteiger partial charge on any atom is -0.507 e. The number of likely N-dealkylation sites (N-methyl/N-ethyl adjacent to an activating group) is 1. The third-order valence-electron chi connectivity index (χ3n) is 4.26. The van der Waals surface area contributed by atoms with E-state index in [9.17, 15) is 19.1 Å². The maximum atomic E-state index is 13.8. The molecular formula is C20H19FN2O4. The van der Waals surface area contributed by atoms with E-state index in [4.69, 9.17) is 10.00 Å². The van der Waals surface area contributed by atoms with E-state index in [-0.39, 0.29) is 29.0 Å². The Bertz CT molecular complexity index is 934. The second-order valence-electron chi connectivity index (χ2n) is 6.15. The van der Waals surface area contributed by atoms with Crippen LogP contribution in [0.25, 0.3) is 0 Å². The molecule has 0 saturated heterocycles. The third-order valence-corrected chi connectivity index (χ3v) is 4.26. The molecule has 0 radical (unpaired) electrons. The van der Waals surface area contributed by atoms with Gasteiger partial charge in [-0.25, -0.2) is 9.18 Å². The minimum absolute atomic E-state index is 0.0266. The summed E-state index contributed by atoms with van der Waals surface area (Å²) in [6.07, 6.45) is 0. The van der Waals surface area contributed by atoms with Crippen LogP contribution in [0.4, 0.5) is 4.39 Å². The van der Waals surface area contributed by atoms with E-state index in [0.29, 0.717) is 5.56 Å². The summed E-state index contributed by atoms with van der Waals surface area (Å²) in [5.41, 5.74) is 1.82. The zero-order chi connectivity index (χ0) is 20.1. The number of rotatable bonds is 5. The maximum Gasteiger partial charge on any atom is 0.342 e. The average molecular weight is 370 g/mol. The lowest BCUT2D eigenvalue weighted by atomic mass is 10.0. The van der Waals surface area contributed by atoms with E-state index in [2.05, 4.69) is 0 Å². The highest BCUT2D eigenvalue weighted by molar-refractivity contribution is 5.94. The van der Waals surface area contributed by atoms with Crippen LogP contribution in [0.15, 0.2) is 30.3 Å². The molecule has 0 heterocycles. The lowest BCUT2D eigenvalue weighted by Crippen LogP contribution is -2.31. The number of ether oxygens (including phenoxy) is 1. The Morgan fingerprint density at radius 3 is 2.63 bits per heavy atom. The van der Waals surface area contributed by atoms with Gasteiger partial charge >= 0.3 is 5.97 Å². The van der Waals surface area contributed by atoms with Crippen molar-refractivity contribution in [1.82, 2.24) is 4.90 Å². The molecule has 0 bridgehead atoms. The second kappa shape index (κ2) is 8.32. The summed E-state index contributed by atoms with van der Waals surface area (Å²) >= 11 is 0. The maximum absolute atomic E-state index is 13.8. The predicted molar refractivity (Wildman–Crippen MR) is 95.5 cm³/mol. The summed E-state index contributed by atoms with van der Waals surface area (Å²) in [4.78, 5) is 25.4. The number of aryl methyl sites for hydroxylation is 1. The zero-order valence-electron chi connectivity index (χ0n) is 15.2. The molecule has 6 nitrogen and oxygen atoms in total.